The Bertz CT molecular complexity index is 804. The lowest BCUT2D eigenvalue weighted by Gasteiger charge is -2.35. The van der Waals surface area contributed by atoms with Crippen molar-refractivity contribution >= 4 is 31.6 Å². The molecule has 0 saturated carbocycles. The fourth-order valence-electron chi connectivity index (χ4n) is 2.78. The fourth-order valence-corrected chi connectivity index (χ4v) is 4.62. The molecule has 2 aromatic carbocycles. The molecule has 1 saturated heterocycles. The van der Waals surface area contributed by atoms with Gasteiger partial charge >= 0.3 is 0 Å². The van der Waals surface area contributed by atoms with E-state index in [4.69, 9.17) is 4.74 Å². The average Bonchev–Trinajstić information content (AvgIpc) is 2.63. The maximum Gasteiger partial charge on any atom is 0.243 e. The van der Waals surface area contributed by atoms with Crippen LogP contribution < -0.4 is 9.64 Å². The summed E-state index contributed by atoms with van der Waals surface area (Å²) in [5, 5.41) is 0. The standard InChI is InChI=1S/C17H19BrN2O3S/c1-23-17-13-15(7-8-16(17)18)24(21,22)20-11-9-19(10-12-20)14-5-3-2-4-6-14/h2-8,13H,9-12H2,1H3. The number of piperazine rings is 1. The van der Waals surface area contributed by atoms with E-state index in [-0.39, 0.29) is 4.90 Å². The Hall–Kier alpha value is -1.57. The number of para-hydroxylation sites is 1. The van der Waals surface area contributed by atoms with Crippen LogP contribution in [0.2, 0.25) is 0 Å². The Kier molecular flexibility index (Phi) is 5.12. The highest BCUT2D eigenvalue weighted by atomic mass is 79.9. The Labute approximate surface area is 151 Å². The first-order valence-corrected chi connectivity index (χ1v) is 9.89. The topological polar surface area (TPSA) is 49.9 Å². The lowest BCUT2D eigenvalue weighted by molar-refractivity contribution is 0.383. The molecule has 0 spiro atoms. The van der Waals surface area contributed by atoms with Crippen molar-refractivity contribution < 1.29 is 13.2 Å². The molecule has 2 aromatic rings. The van der Waals surface area contributed by atoms with Gasteiger partial charge in [-0.25, -0.2) is 8.42 Å². The van der Waals surface area contributed by atoms with Crippen LogP contribution in [0, 0.1) is 0 Å². The monoisotopic (exact) mass is 410 g/mol. The summed E-state index contributed by atoms with van der Waals surface area (Å²) in [5.41, 5.74) is 1.12. The van der Waals surface area contributed by atoms with Gasteiger partial charge in [0.1, 0.15) is 5.75 Å². The third-order valence-electron chi connectivity index (χ3n) is 4.12. The van der Waals surface area contributed by atoms with Gasteiger partial charge < -0.3 is 9.64 Å². The highest BCUT2D eigenvalue weighted by Gasteiger charge is 2.29. The van der Waals surface area contributed by atoms with Gasteiger partial charge in [-0.3, -0.25) is 0 Å². The molecule has 0 atom stereocenters. The zero-order valence-electron chi connectivity index (χ0n) is 13.4. The molecule has 128 valence electrons. The summed E-state index contributed by atoms with van der Waals surface area (Å²) in [6, 6.07) is 14.9. The summed E-state index contributed by atoms with van der Waals surface area (Å²) in [6.07, 6.45) is 0. The number of nitrogens with zero attached hydrogens (tertiary/aromatic N) is 2. The van der Waals surface area contributed by atoms with Crippen molar-refractivity contribution in [3.05, 3.63) is 53.0 Å². The van der Waals surface area contributed by atoms with Gasteiger partial charge in [-0.15, -0.1) is 0 Å². The van der Waals surface area contributed by atoms with Gasteiger partial charge in [-0.1, -0.05) is 18.2 Å². The van der Waals surface area contributed by atoms with Crippen molar-refractivity contribution in [1.82, 2.24) is 4.31 Å². The Morgan fingerprint density at radius 1 is 1.00 bits per heavy atom. The molecule has 1 heterocycles. The second-order valence-corrected chi connectivity index (χ2v) is 8.32. The molecule has 0 aliphatic carbocycles. The summed E-state index contributed by atoms with van der Waals surface area (Å²) >= 11 is 3.35. The number of sulfonamides is 1. The Morgan fingerprint density at radius 3 is 2.29 bits per heavy atom. The molecule has 7 heteroatoms. The molecule has 1 aliphatic heterocycles. The summed E-state index contributed by atoms with van der Waals surface area (Å²) in [4.78, 5) is 2.46. The predicted octanol–water partition coefficient (Wildman–Crippen LogP) is 2.97. The molecule has 1 aliphatic rings. The maximum atomic E-state index is 12.8. The number of rotatable bonds is 4. The summed E-state index contributed by atoms with van der Waals surface area (Å²) in [6.45, 7) is 2.29. The first kappa shape index (κ1) is 17.3. The quantitative estimate of drug-likeness (QED) is 0.777. The zero-order valence-corrected chi connectivity index (χ0v) is 15.8. The molecule has 0 radical (unpaired) electrons. The SMILES string of the molecule is COc1cc(S(=O)(=O)N2CCN(c3ccccc3)CC2)ccc1Br. The summed E-state index contributed by atoms with van der Waals surface area (Å²) in [5.74, 6) is 0.513. The van der Waals surface area contributed by atoms with Gasteiger partial charge in [0.05, 0.1) is 16.5 Å². The first-order chi connectivity index (χ1) is 11.5. The molecule has 3 rings (SSSR count). The van der Waals surface area contributed by atoms with Crippen LogP contribution in [0.1, 0.15) is 0 Å². The minimum atomic E-state index is -3.51. The largest absolute Gasteiger partial charge is 0.496 e. The predicted molar refractivity (Wildman–Crippen MR) is 98.1 cm³/mol. The van der Waals surface area contributed by atoms with Crippen molar-refractivity contribution in [3.8, 4) is 5.75 Å². The molecule has 0 N–H and O–H groups in total. The number of benzene rings is 2. The highest BCUT2D eigenvalue weighted by molar-refractivity contribution is 9.10. The summed E-state index contributed by atoms with van der Waals surface area (Å²) in [7, 11) is -1.99. The second kappa shape index (κ2) is 7.13. The molecule has 0 bridgehead atoms. The molecule has 1 fully saturated rings. The first-order valence-electron chi connectivity index (χ1n) is 7.66. The van der Waals surface area contributed by atoms with E-state index in [0.717, 1.165) is 10.2 Å². The van der Waals surface area contributed by atoms with Crippen LogP contribution in [-0.4, -0.2) is 46.0 Å². The minimum absolute atomic E-state index is 0.260. The Morgan fingerprint density at radius 2 is 1.67 bits per heavy atom. The van der Waals surface area contributed by atoms with Crippen molar-refractivity contribution in [2.24, 2.45) is 0 Å². The second-order valence-electron chi connectivity index (χ2n) is 5.52. The van der Waals surface area contributed by atoms with Gasteiger partial charge in [0.2, 0.25) is 10.0 Å². The fraction of sp³-hybridized carbons (Fsp3) is 0.294. The van der Waals surface area contributed by atoms with Crippen LogP contribution in [-0.2, 0) is 10.0 Å². The smallest absolute Gasteiger partial charge is 0.243 e. The lowest BCUT2D eigenvalue weighted by Crippen LogP contribution is -2.48. The maximum absolute atomic E-state index is 12.8. The number of anilines is 1. The third-order valence-corrected chi connectivity index (χ3v) is 6.67. The minimum Gasteiger partial charge on any atom is -0.496 e. The number of hydrogen-bond acceptors (Lipinski definition) is 4. The zero-order chi connectivity index (χ0) is 17.2. The van der Waals surface area contributed by atoms with Crippen LogP contribution in [0.5, 0.6) is 5.75 Å². The van der Waals surface area contributed by atoms with Crippen LogP contribution in [0.3, 0.4) is 0 Å². The molecule has 0 amide bonds. The van der Waals surface area contributed by atoms with Gasteiger partial charge in [0.25, 0.3) is 0 Å². The van der Waals surface area contributed by atoms with E-state index < -0.39 is 10.0 Å². The van der Waals surface area contributed by atoms with E-state index in [1.807, 2.05) is 30.3 Å². The third kappa shape index (κ3) is 3.43. The molecule has 24 heavy (non-hydrogen) atoms. The van der Waals surface area contributed by atoms with E-state index in [0.29, 0.717) is 31.9 Å². The molecular weight excluding hydrogens is 392 g/mol. The van der Waals surface area contributed by atoms with Gasteiger partial charge in [0, 0.05) is 37.9 Å². The number of halogens is 1. The van der Waals surface area contributed by atoms with E-state index in [9.17, 15) is 8.42 Å². The van der Waals surface area contributed by atoms with E-state index in [1.165, 1.54) is 11.4 Å². The van der Waals surface area contributed by atoms with Gasteiger partial charge in [-0.05, 0) is 40.2 Å². The Balaban J connectivity index is 1.75. The van der Waals surface area contributed by atoms with Crippen molar-refractivity contribution in [1.29, 1.82) is 0 Å². The number of methoxy groups -OCH3 is 1. The van der Waals surface area contributed by atoms with Crippen LogP contribution >= 0.6 is 15.9 Å². The lowest BCUT2D eigenvalue weighted by atomic mass is 10.2. The van der Waals surface area contributed by atoms with Crippen LogP contribution in [0.15, 0.2) is 57.9 Å². The average molecular weight is 411 g/mol. The van der Waals surface area contributed by atoms with E-state index in [1.54, 1.807) is 18.2 Å². The molecule has 0 aromatic heterocycles. The normalized spacial score (nSPS) is 16.2. The van der Waals surface area contributed by atoms with Crippen molar-refractivity contribution in [2.45, 2.75) is 4.90 Å². The van der Waals surface area contributed by atoms with E-state index in [2.05, 4.69) is 20.8 Å². The molecule has 0 unspecified atom stereocenters. The van der Waals surface area contributed by atoms with Gasteiger partial charge in [-0.2, -0.15) is 4.31 Å². The van der Waals surface area contributed by atoms with Crippen molar-refractivity contribution in [3.63, 3.8) is 0 Å². The summed E-state index contributed by atoms with van der Waals surface area (Å²) < 4.78 is 33.2. The van der Waals surface area contributed by atoms with Crippen molar-refractivity contribution in [2.75, 3.05) is 38.2 Å². The van der Waals surface area contributed by atoms with Gasteiger partial charge in [0.15, 0.2) is 0 Å². The van der Waals surface area contributed by atoms with E-state index >= 15 is 0 Å². The van der Waals surface area contributed by atoms with Crippen LogP contribution in [0.25, 0.3) is 0 Å². The highest BCUT2D eigenvalue weighted by Crippen LogP contribution is 2.29. The number of hydrogen-bond donors (Lipinski definition) is 0. The van der Waals surface area contributed by atoms with Crippen LogP contribution in [0.4, 0.5) is 5.69 Å². The molecular formula is C17H19BrN2O3S. The molecule has 5 nitrogen and oxygen atoms in total. The number of ether oxygens (including phenoxy) is 1.